The fourth-order valence-corrected chi connectivity index (χ4v) is 0.715. The molecule has 1 N–H and O–H groups in total. The summed E-state index contributed by atoms with van der Waals surface area (Å²) in [5.41, 5.74) is -0.115. The summed E-state index contributed by atoms with van der Waals surface area (Å²) in [5.74, 6) is -1.52. The molecule has 1 amide bonds. The van der Waals surface area contributed by atoms with Gasteiger partial charge in [-0.2, -0.15) is 0 Å². The molecule has 0 saturated carbocycles. The van der Waals surface area contributed by atoms with Gasteiger partial charge >= 0.3 is 0 Å². The third-order valence-electron chi connectivity index (χ3n) is 1.12. The van der Waals surface area contributed by atoms with Crippen LogP contribution in [0.4, 0.5) is 0 Å². The minimum absolute atomic E-state index is 0.115. The molecule has 0 aromatic heterocycles. The first-order valence-corrected chi connectivity index (χ1v) is 3.78. The van der Waals surface area contributed by atoms with Crippen LogP contribution in [0.2, 0.25) is 0 Å². The molecule has 4 nitrogen and oxygen atoms in total. The molecule has 0 radical (unpaired) electrons. The summed E-state index contributed by atoms with van der Waals surface area (Å²) in [6, 6.07) is 0. The second-order valence-electron chi connectivity index (χ2n) is 3.89. The van der Waals surface area contributed by atoms with Crippen molar-refractivity contribution in [3.63, 3.8) is 0 Å². The van der Waals surface area contributed by atoms with Crippen molar-refractivity contribution in [1.29, 1.82) is 0 Å². The molecule has 0 atom stereocenters. The molecule has 0 bridgehead atoms. The molecule has 0 aliphatic heterocycles. The smallest absolute Gasteiger partial charge is 0.220 e. The fraction of sp³-hybridized carbons (Fsp3) is 0.750. The Kier molecular flexibility index (Phi) is 3.73. The minimum Gasteiger partial charge on any atom is -0.548 e. The van der Waals surface area contributed by atoms with E-state index < -0.39 is 12.5 Å². The van der Waals surface area contributed by atoms with Gasteiger partial charge in [0.1, 0.15) is 0 Å². The van der Waals surface area contributed by atoms with Crippen molar-refractivity contribution < 1.29 is 14.7 Å². The summed E-state index contributed by atoms with van der Waals surface area (Å²) in [6.45, 7) is 5.32. The zero-order chi connectivity index (χ0) is 9.78. The van der Waals surface area contributed by atoms with E-state index in [0.29, 0.717) is 6.42 Å². The average Bonchev–Trinajstić information content (AvgIpc) is 1.79. The Bertz CT molecular complexity index is 181. The maximum absolute atomic E-state index is 11.0. The lowest BCUT2D eigenvalue weighted by molar-refractivity contribution is -0.304. The molecule has 0 aliphatic carbocycles. The predicted molar refractivity (Wildman–Crippen MR) is 42.1 cm³/mol. The number of hydrogen-bond acceptors (Lipinski definition) is 3. The molecule has 0 spiro atoms. The van der Waals surface area contributed by atoms with Gasteiger partial charge < -0.3 is 15.2 Å². The van der Waals surface area contributed by atoms with Gasteiger partial charge in [-0.15, -0.1) is 0 Å². The number of hydrogen-bond donors (Lipinski definition) is 1. The zero-order valence-corrected chi connectivity index (χ0v) is 7.64. The van der Waals surface area contributed by atoms with Crippen LogP contribution in [0.1, 0.15) is 27.2 Å². The second kappa shape index (κ2) is 4.09. The molecule has 0 aromatic carbocycles. The Morgan fingerprint density at radius 1 is 1.33 bits per heavy atom. The van der Waals surface area contributed by atoms with Crippen molar-refractivity contribution in [2.45, 2.75) is 27.2 Å². The Balaban J connectivity index is 3.68. The van der Waals surface area contributed by atoms with Crippen LogP contribution in [-0.4, -0.2) is 18.4 Å². The highest BCUT2D eigenvalue weighted by atomic mass is 16.4. The zero-order valence-electron chi connectivity index (χ0n) is 7.64. The number of rotatable bonds is 3. The predicted octanol–water partition coefficient (Wildman–Crippen LogP) is -0.711. The Labute approximate surface area is 72.0 Å². The Morgan fingerprint density at radius 2 is 1.83 bits per heavy atom. The Hall–Kier alpha value is -1.06. The van der Waals surface area contributed by atoms with E-state index in [4.69, 9.17) is 0 Å². The van der Waals surface area contributed by atoms with Crippen LogP contribution < -0.4 is 10.4 Å². The number of amides is 1. The summed E-state index contributed by atoms with van der Waals surface area (Å²) in [4.78, 5) is 20.9. The van der Waals surface area contributed by atoms with Crippen molar-refractivity contribution >= 4 is 11.9 Å². The molecule has 0 saturated heterocycles. The van der Waals surface area contributed by atoms with Crippen molar-refractivity contribution in [3.05, 3.63) is 0 Å². The lowest BCUT2D eigenvalue weighted by Gasteiger charge is -2.17. The minimum atomic E-state index is -1.27. The van der Waals surface area contributed by atoms with Gasteiger partial charge in [0, 0.05) is 6.42 Å². The van der Waals surface area contributed by atoms with Gasteiger partial charge in [0.05, 0.1) is 12.5 Å². The number of aliphatic carboxylic acids is 1. The molecule has 0 heterocycles. The molecule has 4 heteroatoms. The lowest BCUT2D eigenvalue weighted by Crippen LogP contribution is -2.38. The Morgan fingerprint density at radius 3 is 2.17 bits per heavy atom. The molecule has 12 heavy (non-hydrogen) atoms. The van der Waals surface area contributed by atoms with Crippen LogP contribution >= 0.6 is 0 Å². The van der Waals surface area contributed by atoms with Crippen LogP contribution in [0.3, 0.4) is 0 Å². The second-order valence-corrected chi connectivity index (χ2v) is 3.89. The molecular formula is C8H14NO3-. The van der Waals surface area contributed by atoms with E-state index >= 15 is 0 Å². The number of carboxylic acid groups (broad SMARTS) is 1. The van der Waals surface area contributed by atoms with Crippen LogP contribution in [-0.2, 0) is 9.59 Å². The molecule has 0 unspecified atom stereocenters. The van der Waals surface area contributed by atoms with Gasteiger partial charge in [-0.1, -0.05) is 20.8 Å². The highest BCUT2D eigenvalue weighted by Gasteiger charge is 2.14. The quantitative estimate of drug-likeness (QED) is 0.611. The van der Waals surface area contributed by atoms with Gasteiger partial charge in [-0.05, 0) is 5.41 Å². The van der Waals surface area contributed by atoms with Gasteiger partial charge in [0.15, 0.2) is 0 Å². The van der Waals surface area contributed by atoms with E-state index in [1.807, 2.05) is 20.8 Å². The third-order valence-corrected chi connectivity index (χ3v) is 1.12. The number of nitrogens with one attached hydrogen (secondary N) is 1. The average molecular weight is 172 g/mol. The number of carboxylic acids is 1. The summed E-state index contributed by atoms with van der Waals surface area (Å²) >= 11 is 0. The maximum Gasteiger partial charge on any atom is 0.220 e. The van der Waals surface area contributed by atoms with Gasteiger partial charge in [-0.25, -0.2) is 0 Å². The number of carbonyl (C=O) groups is 2. The molecule has 0 rings (SSSR count). The third kappa shape index (κ3) is 7.05. The van der Waals surface area contributed by atoms with Crippen molar-refractivity contribution in [2.75, 3.05) is 6.54 Å². The summed E-state index contributed by atoms with van der Waals surface area (Å²) in [7, 11) is 0. The van der Waals surface area contributed by atoms with Gasteiger partial charge in [0.2, 0.25) is 5.91 Å². The van der Waals surface area contributed by atoms with E-state index in [-0.39, 0.29) is 11.3 Å². The van der Waals surface area contributed by atoms with E-state index in [9.17, 15) is 14.7 Å². The fourth-order valence-electron chi connectivity index (χ4n) is 0.715. The van der Waals surface area contributed by atoms with Crippen LogP contribution in [0, 0.1) is 5.41 Å². The molecule has 0 fully saturated rings. The molecule has 70 valence electrons. The SMILES string of the molecule is CC(C)(C)CC(=O)NCC(=O)[O-]. The van der Waals surface area contributed by atoms with E-state index in [0.717, 1.165) is 0 Å². The standard InChI is InChI=1S/C8H15NO3/c1-8(2,3)4-6(10)9-5-7(11)12/h4-5H2,1-3H3,(H,9,10)(H,11,12)/p-1. The summed E-state index contributed by atoms with van der Waals surface area (Å²) in [5, 5.41) is 12.2. The first kappa shape index (κ1) is 10.9. The highest BCUT2D eigenvalue weighted by Crippen LogP contribution is 2.17. The first-order chi connectivity index (χ1) is 5.31. The molecular weight excluding hydrogens is 158 g/mol. The van der Waals surface area contributed by atoms with Crippen LogP contribution in [0.5, 0.6) is 0 Å². The van der Waals surface area contributed by atoms with E-state index in [1.165, 1.54) is 0 Å². The van der Waals surface area contributed by atoms with Crippen molar-refractivity contribution in [1.82, 2.24) is 5.32 Å². The van der Waals surface area contributed by atoms with Gasteiger partial charge in [0.25, 0.3) is 0 Å². The van der Waals surface area contributed by atoms with Crippen molar-refractivity contribution in [3.8, 4) is 0 Å². The monoisotopic (exact) mass is 172 g/mol. The molecule has 0 aliphatic rings. The lowest BCUT2D eigenvalue weighted by atomic mass is 9.92. The topological polar surface area (TPSA) is 69.2 Å². The largest absolute Gasteiger partial charge is 0.548 e. The highest BCUT2D eigenvalue weighted by molar-refractivity contribution is 5.80. The van der Waals surface area contributed by atoms with Gasteiger partial charge in [-0.3, -0.25) is 4.79 Å². The van der Waals surface area contributed by atoms with Crippen LogP contribution in [0.25, 0.3) is 0 Å². The summed E-state index contributed by atoms with van der Waals surface area (Å²) < 4.78 is 0. The van der Waals surface area contributed by atoms with E-state index in [1.54, 1.807) is 0 Å². The number of carbonyl (C=O) groups excluding carboxylic acids is 2. The molecule has 0 aromatic rings. The maximum atomic E-state index is 11.0. The van der Waals surface area contributed by atoms with E-state index in [2.05, 4.69) is 5.32 Å². The van der Waals surface area contributed by atoms with Crippen LogP contribution in [0.15, 0.2) is 0 Å². The normalized spacial score (nSPS) is 10.9. The summed E-state index contributed by atoms with van der Waals surface area (Å²) in [6.07, 6.45) is 0.320. The first-order valence-electron chi connectivity index (χ1n) is 3.78. The van der Waals surface area contributed by atoms with Crippen molar-refractivity contribution in [2.24, 2.45) is 5.41 Å².